The average Bonchev–Trinajstić information content (AvgIpc) is 2.43. The maximum Gasteiger partial charge on any atom is 0.0418 e. The van der Waals surface area contributed by atoms with Gasteiger partial charge in [-0.2, -0.15) is 0 Å². The van der Waals surface area contributed by atoms with E-state index in [9.17, 15) is 0 Å². The van der Waals surface area contributed by atoms with Gasteiger partial charge in [0.2, 0.25) is 0 Å². The predicted molar refractivity (Wildman–Crippen MR) is 77.6 cm³/mol. The van der Waals surface area contributed by atoms with Crippen LogP contribution in [0, 0.1) is 12.3 Å². The van der Waals surface area contributed by atoms with Crippen molar-refractivity contribution in [3.05, 3.63) is 29.3 Å². The van der Waals surface area contributed by atoms with Crippen molar-refractivity contribution in [3.8, 4) is 12.3 Å². The van der Waals surface area contributed by atoms with E-state index in [-0.39, 0.29) is 0 Å². The van der Waals surface area contributed by atoms with E-state index in [4.69, 9.17) is 6.42 Å². The molecule has 0 spiro atoms. The van der Waals surface area contributed by atoms with Crippen molar-refractivity contribution in [2.45, 2.75) is 45.2 Å². The van der Waals surface area contributed by atoms with E-state index in [1.807, 2.05) is 0 Å². The fraction of sp³-hybridized carbons (Fsp3) is 0.500. The van der Waals surface area contributed by atoms with Crippen LogP contribution in [0.3, 0.4) is 0 Å². The maximum atomic E-state index is 5.38. The molecule has 0 bridgehead atoms. The molecule has 0 radical (unpaired) electrons. The van der Waals surface area contributed by atoms with Crippen molar-refractivity contribution in [1.29, 1.82) is 0 Å². The van der Waals surface area contributed by atoms with E-state index in [2.05, 4.69) is 41.7 Å². The largest absolute Gasteiger partial charge is 0.385 e. The summed E-state index contributed by atoms with van der Waals surface area (Å²) < 4.78 is 0. The first-order valence-corrected chi connectivity index (χ1v) is 6.86. The Morgan fingerprint density at radius 1 is 1.50 bits per heavy atom. The number of benzene rings is 1. The molecule has 0 aliphatic carbocycles. The maximum absolute atomic E-state index is 5.38. The minimum Gasteiger partial charge on any atom is -0.385 e. The van der Waals surface area contributed by atoms with Crippen molar-refractivity contribution in [2.75, 3.05) is 11.9 Å². The van der Waals surface area contributed by atoms with Crippen LogP contribution in [-0.4, -0.2) is 12.6 Å². The SMILES string of the molecule is C#CCC(CC)NCc1cccc2c1NCCC2. The molecule has 1 aromatic carbocycles. The van der Waals surface area contributed by atoms with Gasteiger partial charge in [0.1, 0.15) is 0 Å². The molecule has 2 heteroatoms. The summed E-state index contributed by atoms with van der Waals surface area (Å²) in [5, 5.41) is 7.08. The second kappa shape index (κ2) is 6.47. The van der Waals surface area contributed by atoms with Crippen LogP contribution in [0.1, 0.15) is 37.3 Å². The van der Waals surface area contributed by atoms with Crippen LogP contribution in [0.4, 0.5) is 5.69 Å². The van der Waals surface area contributed by atoms with Crippen molar-refractivity contribution in [1.82, 2.24) is 5.32 Å². The van der Waals surface area contributed by atoms with Crippen LogP contribution in [-0.2, 0) is 13.0 Å². The van der Waals surface area contributed by atoms with Gasteiger partial charge in [0, 0.05) is 31.2 Å². The second-order valence-corrected chi connectivity index (χ2v) is 4.88. The van der Waals surface area contributed by atoms with Gasteiger partial charge in [0.05, 0.1) is 0 Å². The number of para-hydroxylation sites is 1. The van der Waals surface area contributed by atoms with Gasteiger partial charge in [-0.3, -0.25) is 0 Å². The third-order valence-corrected chi connectivity index (χ3v) is 3.60. The smallest absolute Gasteiger partial charge is 0.0418 e. The number of rotatable bonds is 5. The standard InChI is InChI=1S/C16H22N2/c1-3-7-15(4-2)18-12-14-9-5-8-13-10-6-11-17-16(13)14/h1,5,8-9,15,17-18H,4,6-7,10-12H2,2H3. The van der Waals surface area contributed by atoms with Crippen molar-refractivity contribution >= 4 is 5.69 Å². The molecule has 1 aliphatic heterocycles. The van der Waals surface area contributed by atoms with Crippen molar-refractivity contribution < 1.29 is 0 Å². The molecule has 0 saturated carbocycles. The molecule has 18 heavy (non-hydrogen) atoms. The zero-order chi connectivity index (χ0) is 12.8. The highest BCUT2D eigenvalue weighted by Gasteiger charge is 2.12. The molecular formula is C16H22N2. The van der Waals surface area contributed by atoms with Crippen molar-refractivity contribution in [2.24, 2.45) is 0 Å². The molecule has 96 valence electrons. The summed E-state index contributed by atoms with van der Waals surface area (Å²) in [7, 11) is 0. The molecule has 1 aliphatic rings. The Labute approximate surface area is 110 Å². The van der Waals surface area contributed by atoms with E-state index in [1.165, 1.54) is 29.7 Å². The fourth-order valence-corrected chi connectivity index (χ4v) is 2.49. The molecule has 1 heterocycles. The molecule has 1 unspecified atom stereocenters. The monoisotopic (exact) mass is 242 g/mol. The number of hydrogen-bond acceptors (Lipinski definition) is 2. The van der Waals surface area contributed by atoms with Gasteiger partial charge in [0.25, 0.3) is 0 Å². The summed E-state index contributed by atoms with van der Waals surface area (Å²) in [4.78, 5) is 0. The molecule has 0 saturated heterocycles. The highest BCUT2D eigenvalue weighted by atomic mass is 14.9. The number of aryl methyl sites for hydroxylation is 1. The van der Waals surface area contributed by atoms with Gasteiger partial charge < -0.3 is 10.6 Å². The van der Waals surface area contributed by atoms with E-state index in [0.29, 0.717) is 6.04 Å². The van der Waals surface area contributed by atoms with Crippen LogP contribution < -0.4 is 10.6 Å². The summed E-state index contributed by atoms with van der Waals surface area (Å²) in [5.41, 5.74) is 4.15. The van der Waals surface area contributed by atoms with Gasteiger partial charge in [-0.05, 0) is 30.4 Å². The van der Waals surface area contributed by atoms with Gasteiger partial charge in [-0.1, -0.05) is 25.1 Å². The topological polar surface area (TPSA) is 24.1 Å². The first-order chi connectivity index (χ1) is 8.85. The zero-order valence-electron chi connectivity index (χ0n) is 11.1. The van der Waals surface area contributed by atoms with E-state index < -0.39 is 0 Å². The molecule has 2 nitrogen and oxygen atoms in total. The highest BCUT2D eigenvalue weighted by Crippen LogP contribution is 2.26. The van der Waals surface area contributed by atoms with E-state index >= 15 is 0 Å². The first kappa shape index (κ1) is 13.0. The molecule has 2 N–H and O–H groups in total. The predicted octanol–water partition coefficient (Wildman–Crippen LogP) is 2.94. The number of hydrogen-bond donors (Lipinski definition) is 2. The van der Waals surface area contributed by atoms with Gasteiger partial charge in [-0.15, -0.1) is 12.3 Å². The first-order valence-electron chi connectivity index (χ1n) is 6.86. The molecule has 1 atom stereocenters. The van der Waals surface area contributed by atoms with Crippen LogP contribution in [0.25, 0.3) is 0 Å². The molecule has 0 fully saturated rings. The lowest BCUT2D eigenvalue weighted by molar-refractivity contribution is 0.507. The summed E-state index contributed by atoms with van der Waals surface area (Å²) in [6.07, 6.45) is 9.69. The molecule has 2 rings (SSSR count). The Bertz CT molecular complexity index is 431. The van der Waals surface area contributed by atoms with Crippen LogP contribution in [0.2, 0.25) is 0 Å². The summed E-state index contributed by atoms with van der Waals surface area (Å²) in [6, 6.07) is 7.01. The van der Waals surface area contributed by atoms with E-state index in [1.54, 1.807) is 0 Å². The van der Waals surface area contributed by atoms with Gasteiger partial charge in [0.15, 0.2) is 0 Å². The van der Waals surface area contributed by atoms with Crippen molar-refractivity contribution in [3.63, 3.8) is 0 Å². The number of nitrogens with one attached hydrogen (secondary N) is 2. The molecule has 0 amide bonds. The third-order valence-electron chi connectivity index (χ3n) is 3.60. The summed E-state index contributed by atoms with van der Waals surface area (Å²) in [5.74, 6) is 2.74. The number of anilines is 1. The highest BCUT2D eigenvalue weighted by molar-refractivity contribution is 5.59. The Kier molecular flexibility index (Phi) is 4.66. The summed E-state index contributed by atoms with van der Waals surface area (Å²) >= 11 is 0. The lowest BCUT2D eigenvalue weighted by atomic mass is 9.99. The zero-order valence-corrected chi connectivity index (χ0v) is 11.1. The lowest BCUT2D eigenvalue weighted by Gasteiger charge is -2.22. The van der Waals surface area contributed by atoms with E-state index in [0.717, 1.165) is 25.9 Å². The lowest BCUT2D eigenvalue weighted by Crippen LogP contribution is -2.28. The van der Waals surface area contributed by atoms with Crippen LogP contribution in [0.15, 0.2) is 18.2 Å². The quantitative estimate of drug-likeness (QED) is 0.776. The third kappa shape index (κ3) is 3.05. The molecule has 0 aromatic heterocycles. The fourth-order valence-electron chi connectivity index (χ4n) is 2.49. The van der Waals surface area contributed by atoms with Crippen LogP contribution in [0.5, 0.6) is 0 Å². The van der Waals surface area contributed by atoms with Gasteiger partial charge >= 0.3 is 0 Å². The molecule has 1 aromatic rings. The summed E-state index contributed by atoms with van der Waals surface area (Å²) in [6.45, 7) is 4.16. The minimum absolute atomic E-state index is 0.425. The Balaban J connectivity index is 2.03. The number of terminal acetylenes is 1. The van der Waals surface area contributed by atoms with Gasteiger partial charge in [-0.25, -0.2) is 0 Å². The Morgan fingerprint density at radius 2 is 2.39 bits per heavy atom. The normalized spacial score (nSPS) is 15.3. The molecular weight excluding hydrogens is 220 g/mol. The minimum atomic E-state index is 0.425. The average molecular weight is 242 g/mol. The number of fused-ring (bicyclic) bond motifs is 1. The second-order valence-electron chi connectivity index (χ2n) is 4.88. The Hall–Kier alpha value is -1.46. The van der Waals surface area contributed by atoms with Crippen LogP contribution >= 0.6 is 0 Å². The Morgan fingerprint density at radius 3 is 3.17 bits per heavy atom.